The topological polar surface area (TPSA) is 102 Å². The molecule has 0 bridgehead atoms. The molecule has 0 aromatic heterocycles. The number of carbonyl (C=O) groups excluding carboxylic acids is 3. The predicted molar refractivity (Wildman–Crippen MR) is 152 cm³/mol. The summed E-state index contributed by atoms with van der Waals surface area (Å²) in [4.78, 5) is 43.1. The minimum absolute atomic E-state index is 0.113. The molecule has 1 saturated carbocycles. The minimum atomic E-state index is -1.92. The van der Waals surface area contributed by atoms with Gasteiger partial charge in [-0.25, -0.2) is 0 Å². The number of hydrogen-bond donors (Lipinski definition) is 0. The van der Waals surface area contributed by atoms with Crippen molar-refractivity contribution in [3.8, 4) is 12.1 Å². The standard InChI is InChI=1S/C34H27N3O3/c1-23(30(38)18-17-24-11-5-3-6-12-24)19-28-31(39)20-27(25-13-7-4-8-14-25)33(21-35,22-36)34(28)26-15-9-10-16-29(26)37(2)32(34)40/h3-18,27-28H,1,19-20H2,2H3/b18-17+/t27-,28+,34-/m1/s1. The van der Waals surface area contributed by atoms with Crippen LogP contribution in [0.15, 0.2) is 103 Å². The molecule has 0 N–H and O–H groups in total. The average molecular weight is 526 g/mol. The maximum absolute atomic E-state index is 14.4. The molecule has 40 heavy (non-hydrogen) atoms. The van der Waals surface area contributed by atoms with Gasteiger partial charge in [0.15, 0.2) is 11.2 Å². The van der Waals surface area contributed by atoms with Gasteiger partial charge in [0, 0.05) is 31.0 Å². The van der Waals surface area contributed by atoms with E-state index in [9.17, 15) is 24.9 Å². The summed E-state index contributed by atoms with van der Waals surface area (Å²) in [6.07, 6.45) is 2.79. The molecule has 3 aromatic carbocycles. The molecule has 1 heterocycles. The van der Waals surface area contributed by atoms with Crippen molar-refractivity contribution in [2.45, 2.75) is 24.2 Å². The van der Waals surface area contributed by atoms with E-state index in [1.165, 1.54) is 11.0 Å². The zero-order chi connectivity index (χ0) is 28.5. The van der Waals surface area contributed by atoms with Crippen molar-refractivity contribution >= 4 is 29.2 Å². The van der Waals surface area contributed by atoms with Gasteiger partial charge in [-0.3, -0.25) is 14.4 Å². The zero-order valence-corrected chi connectivity index (χ0v) is 22.1. The highest BCUT2D eigenvalue weighted by atomic mass is 16.2. The van der Waals surface area contributed by atoms with Crippen molar-refractivity contribution in [1.29, 1.82) is 10.5 Å². The second-order valence-corrected chi connectivity index (χ2v) is 10.3. The highest BCUT2D eigenvalue weighted by Gasteiger charge is 2.73. The summed E-state index contributed by atoms with van der Waals surface area (Å²) in [7, 11) is 1.59. The van der Waals surface area contributed by atoms with E-state index < -0.39 is 28.6 Å². The number of amides is 1. The van der Waals surface area contributed by atoms with E-state index >= 15 is 0 Å². The fourth-order valence-corrected chi connectivity index (χ4v) is 6.47. The Hall–Kier alpha value is -5.07. The van der Waals surface area contributed by atoms with E-state index in [-0.39, 0.29) is 30.0 Å². The van der Waals surface area contributed by atoms with Crippen molar-refractivity contribution in [3.05, 3.63) is 120 Å². The van der Waals surface area contributed by atoms with Gasteiger partial charge in [0.25, 0.3) is 0 Å². The van der Waals surface area contributed by atoms with Gasteiger partial charge in [0.1, 0.15) is 11.2 Å². The molecule has 6 heteroatoms. The molecule has 1 fully saturated rings. The normalized spacial score (nSPS) is 23.0. The predicted octanol–water partition coefficient (Wildman–Crippen LogP) is 5.54. The Bertz CT molecular complexity index is 1610. The van der Waals surface area contributed by atoms with Gasteiger partial charge >= 0.3 is 0 Å². The van der Waals surface area contributed by atoms with Crippen molar-refractivity contribution in [2.24, 2.45) is 11.3 Å². The van der Waals surface area contributed by atoms with Crippen LogP contribution in [-0.4, -0.2) is 24.5 Å². The van der Waals surface area contributed by atoms with Crippen molar-refractivity contribution in [3.63, 3.8) is 0 Å². The smallest absolute Gasteiger partial charge is 0.240 e. The lowest BCUT2D eigenvalue weighted by Crippen LogP contribution is -2.63. The number of anilines is 1. The van der Waals surface area contributed by atoms with E-state index in [1.54, 1.807) is 61.7 Å². The third-order valence-corrected chi connectivity index (χ3v) is 8.37. The fourth-order valence-electron chi connectivity index (χ4n) is 6.47. The van der Waals surface area contributed by atoms with Gasteiger partial charge < -0.3 is 4.90 Å². The molecule has 0 unspecified atom stereocenters. The number of allylic oxidation sites excluding steroid dienone is 2. The molecule has 1 amide bonds. The molecule has 1 spiro atoms. The van der Waals surface area contributed by atoms with Gasteiger partial charge in [-0.1, -0.05) is 91.5 Å². The van der Waals surface area contributed by atoms with Gasteiger partial charge in [-0.2, -0.15) is 10.5 Å². The first-order valence-corrected chi connectivity index (χ1v) is 13.0. The molecule has 196 valence electrons. The number of rotatable bonds is 6. The molecule has 0 radical (unpaired) electrons. The third-order valence-electron chi connectivity index (χ3n) is 8.37. The van der Waals surface area contributed by atoms with Crippen LogP contribution in [0.3, 0.4) is 0 Å². The van der Waals surface area contributed by atoms with Crippen LogP contribution in [0.4, 0.5) is 5.69 Å². The average Bonchev–Trinajstić information content (AvgIpc) is 3.22. The first-order valence-electron chi connectivity index (χ1n) is 13.0. The number of fused-ring (bicyclic) bond motifs is 2. The Morgan fingerprint density at radius 3 is 2.23 bits per heavy atom. The molecule has 3 atom stereocenters. The number of ketones is 2. The molecule has 3 aromatic rings. The van der Waals surface area contributed by atoms with E-state index in [1.807, 2.05) is 36.4 Å². The Morgan fingerprint density at radius 1 is 0.975 bits per heavy atom. The second kappa shape index (κ2) is 10.2. The summed E-state index contributed by atoms with van der Waals surface area (Å²) in [6.45, 7) is 3.98. The van der Waals surface area contributed by atoms with Crippen molar-refractivity contribution < 1.29 is 14.4 Å². The maximum Gasteiger partial charge on any atom is 0.240 e. The van der Waals surface area contributed by atoms with Crippen LogP contribution in [0, 0.1) is 34.0 Å². The van der Waals surface area contributed by atoms with Gasteiger partial charge in [-0.05, 0) is 40.8 Å². The molecular weight excluding hydrogens is 498 g/mol. The Morgan fingerprint density at radius 2 is 1.57 bits per heavy atom. The molecule has 5 rings (SSSR count). The molecule has 2 aliphatic rings. The SMILES string of the molecule is C=C(C[C@H]1C(=O)C[C@H](c2ccccc2)C(C#N)(C#N)[C@@]12C(=O)N(C)c1ccccc12)C(=O)/C=C/c1ccccc1. The number of Topliss-reactive ketones (excluding diaryl/α,β-unsaturated/α-hetero) is 1. The second-order valence-electron chi connectivity index (χ2n) is 10.3. The Balaban J connectivity index is 1.67. The van der Waals surface area contributed by atoms with Crippen LogP contribution < -0.4 is 4.90 Å². The molecule has 6 nitrogen and oxygen atoms in total. The summed E-state index contributed by atoms with van der Waals surface area (Å²) in [5.74, 6) is -3.15. The summed E-state index contributed by atoms with van der Waals surface area (Å²) < 4.78 is 0. The summed E-state index contributed by atoms with van der Waals surface area (Å²) in [6, 6.07) is 29.7. The first-order chi connectivity index (χ1) is 19.3. The van der Waals surface area contributed by atoms with E-state index in [4.69, 9.17) is 0 Å². The Kier molecular flexibility index (Phi) is 6.80. The van der Waals surface area contributed by atoms with Crippen LogP contribution in [0.1, 0.15) is 35.4 Å². The number of hydrogen-bond acceptors (Lipinski definition) is 5. The molecule has 0 saturated heterocycles. The van der Waals surface area contributed by atoms with Crippen molar-refractivity contribution in [2.75, 3.05) is 11.9 Å². The van der Waals surface area contributed by atoms with Crippen LogP contribution in [0.5, 0.6) is 0 Å². The van der Waals surface area contributed by atoms with Crippen LogP contribution >= 0.6 is 0 Å². The van der Waals surface area contributed by atoms with Crippen LogP contribution in [0.25, 0.3) is 6.08 Å². The number of nitrogens with zero attached hydrogens (tertiary/aromatic N) is 3. The fraction of sp³-hybridized carbons (Fsp3) is 0.206. The number of benzene rings is 3. The van der Waals surface area contributed by atoms with Crippen LogP contribution in [-0.2, 0) is 19.8 Å². The van der Waals surface area contributed by atoms with Crippen molar-refractivity contribution in [1.82, 2.24) is 0 Å². The highest BCUT2D eigenvalue weighted by Crippen LogP contribution is 2.65. The lowest BCUT2D eigenvalue weighted by molar-refractivity contribution is -0.142. The highest BCUT2D eigenvalue weighted by molar-refractivity contribution is 6.14. The minimum Gasteiger partial charge on any atom is -0.314 e. The number of likely N-dealkylation sites (N-methyl/N-ethyl adjacent to an activating group) is 1. The quantitative estimate of drug-likeness (QED) is 0.394. The number of nitriles is 2. The van der Waals surface area contributed by atoms with Gasteiger partial charge in [0.05, 0.1) is 12.1 Å². The number of carbonyl (C=O) groups is 3. The van der Waals surface area contributed by atoms with E-state index in [0.717, 1.165) is 5.56 Å². The lowest BCUT2D eigenvalue weighted by atomic mass is 9.44. The molecule has 1 aliphatic carbocycles. The monoisotopic (exact) mass is 525 g/mol. The van der Waals surface area contributed by atoms with E-state index in [0.29, 0.717) is 16.8 Å². The van der Waals surface area contributed by atoms with E-state index in [2.05, 4.69) is 18.7 Å². The largest absolute Gasteiger partial charge is 0.314 e. The van der Waals surface area contributed by atoms with Gasteiger partial charge in [-0.15, -0.1) is 0 Å². The van der Waals surface area contributed by atoms with Crippen LogP contribution in [0.2, 0.25) is 0 Å². The number of para-hydroxylation sites is 1. The van der Waals surface area contributed by atoms with Gasteiger partial charge in [0.2, 0.25) is 5.91 Å². The zero-order valence-electron chi connectivity index (χ0n) is 22.1. The Labute approximate surface area is 233 Å². The summed E-state index contributed by atoms with van der Waals surface area (Å²) >= 11 is 0. The summed E-state index contributed by atoms with van der Waals surface area (Å²) in [5.41, 5.74) is -1.17. The molecule has 1 aliphatic heterocycles. The maximum atomic E-state index is 14.4. The first kappa shape index (κ1) is 26.5. The lowest BCUT2D eigenvalue weighted by Gasteiger charge is -2.51. The third kappa shape index (κ3) is 3.81. The molecular formula is C34H27N3O3. The summed E-state index contributed by atoms with van der Waals surface area (Å²) in [5, 5.41) is 21.7.